The zero-order chi connectivity index (χ0) is 21.2. The molecule has 0 aliphatic rings. The van der Waals surface area contributed by atoms with Crippen molar-refractivity contribution in [2.45, 2.75) is 32.1 Å². The summed E-state index contributed by atoms with van der Waals surface area (Å²) in [4.78, 5) is 37.2. The van der Waals surface area contributed by atoms with E-state index >= 15 is 0 Å². The number of carbonyl (C=O) groups is 3. The Morgan fingerprint density at radius 2 is 1.76 bits per heavy atom. The maximum Gasteiger partial charge on any atom is 0.305 e. The van der Waals surface area contributed by atoms with Crippen LogP contribution in [0, 0.1) is 0 Å². The lowest BCUT2D eigenvalue weighted by molar-refractivity contribution is -0.140. The number of benzene rings is 1. The number of rotatable bonds is 10. The molecule has 0 radical (unpaired) electrons. The SMILES string of the molecule is COC(=O)CCCCCC(=O)N(c1ccc(NC(=O)CCl)cc1)c1ccc(Br)s1. The Morgan fingerprint density at radius 1 is 1.07 bits per heavy atom. The van der Waals surface area contributed by atoms with Crippen LogP contribution in [0.3, 0.4) is 0 Å². The highest BCUT2D eigenvalue weighted by atomic mass is 79.9. The number of nitrogens with zero attached hydrogens (tertiary/aromatic N) is 1. The van der Waals surface area contributed by atoms with Crippen molar-refractivity contribution < 1.29 is 19.1 Å². The number of hydrogen-bond acceptors (Lipinski definition) is 5. The van der Waals surface area contributed by atoms with E-state index in [-0.39, 0.29) is 23.7 Å². The van der Waals surface area contributed by atoms with Crippen molar-refractivity contribution in [1.29, 1.82) is 0 Å². The minimum atomic E-state index is -0.290. The number of thiophene rings is 1. The second kappa shape index (κ2) is 11.9. The van der Waals surface area contributed by atoms with Crippen molar-refractivity contribution in [3.05, 3.63) is 40.2 Å². The van der Waals surface area contributed by atoms with E-state index in [2.05, 4.69) is 26.0 Å². The van der Waals surface area contributed by atoms with Gasteiger partial charge in [-0.15, -0.1) is 22.9 Å². The first-order valence-electron chi connectivity index (χ1n) is 9.05. The average Bonchev–Trinajstić information content (AvgIpc) is 3.14. The average molecular weight is 502 g/mol. The standard InChI is InChI=1S/C20H22BrClN2O4S/c1-28-20(27)6-4-2-3-5-18(26)24(19-12-11-16(21)29-19)15-9-7-14(8-10-15)23-17(25)13-22/h7-12H,2-6,13H2,1H3,(H,23,25). The highest BCUT2D eigenvalue weighted by molar-refractivity contribution is 9.11. The quantitative estimate of drug-likeness (QED) is 0.266. The molecule has 9 heteroatoms. The summed E-state index contributed by atoms with van der Waals surface area (Å²) in [5.74, 6) is -0.676. The van der Waals surface area contributed by atoms with Crippen LogP contribution in [0.25, 0.3) is 0 Å². The molecule has 1 aromatic carbocycles. The number of carbonyl (C=O) groups excluding carboxylic acids is 3. The highest BCUT2D eigenvalue weighted by Gasteiger charge is 2.19. The van der Waals surface area contributed by atoms with Gasteiger partial charge in [0, 0.05) is 24.2 Å². The molecule has 6 nitrogen and oxygen atoms in total. The summed E-state index contributed by atoms with van der Waals surface area (Å²) < 4.78 is 5.55. The van der Waals surface area contributed by atoms with Crippen molar-refractivity contribution in [2.75, 3.05) is 23.2 Å². The number of unbranched alkanes of at least 4 members (excludes halogenated alkanes) is 2. The van der Waals surface area contributed by atoms with Crippen LogP contribution >= 0.6 is 38.9 Å². The Balaban J connectivity index is 2.06. The molecule has 1 N–H and O–H groups in total. The Bertz CT molecular complexity index is 841. The molecule has 0 fully saturated rings. The van der Waals surface area contributed by atoms with E-state index in [9.17, 15) is 14.4 Å². The maximum absolute atomic E-state index is 13.0. The van der Waals surface area contributed by atoms with Crippen LogP contribution in [0.4, 0.5) is 16.4 Å². The molecule has 0 unspecified atom stereocenters. The van der Waals surface area contributed by atoms with E-state index < -0.39 is 0 Å². The second-order valence-corrected chi connectivity index (χ2v) is 8.88. The summed E-state index contributed by atoms with van der Waals surface area (Å²) in [7, 11) is 1.37. The molecule has 0 bridgehead atoms. The fourth-order valence-corrected chi connectivity index (χ4v) is 4.11. The maximum atomic E-state index is 13.0. The third-order valence-corrected chi connectivity index (χ3v) is 5.91. The van der Waals surface area contributed by atoms with Crippen LogP contribution in [0.2, 0.25) is 0 Å². The first-order chi connectivity index (χ1) is 13.9. The molecular formula is C20H22BrClN2O4S. The summed E-state index contributed by atoms with van der Waals surface area (Å²) in [6, 6.07) is 10.8. The number of esters is 1. The number of nitrogens with one attached hydrogen (secondary N) is 1. The summed E-state index contributed by atoms with van der Waals surface area (Å²) in [6.45, 7) is 0. The summed E-state index contributed by atoms with van der Waals surface area (Å²) in [6.07, 6.45) is 2.87. The number of anilines is 3. The number of alkyl halides is 1. The van der Waals surface area contributed by atoms with Crippen molar-refractivity contribution >= 4 is 73.0 Å². The first kappa shape index (κ1) is 23.4. The lowest BCUT2D eigenvalue weighted by Crippen LogP contribution is -2.24. The van der Waals surface area contributed by atoms with Crippen LogP contribution in [0.5, 0.6) is 0 Å². The predicted octanol–water partition coefficient (Wildman–Crippen LogP) is 5.48. The van der Waals surface area contributed by atoms with Gasteiger partial charge in [0.15, 0.2) is 0 Å². The molecular weight excluding hydrogens is 480 g/mol. The molecule has 0 aliphatic carbocycles. The van der Waals surface area contributed by atoms with Gasteiger partial charge in [0.1, 0.15) is 10.9 Å². The van der Waals surface area contributed by atoms with Crippen molar-refractivity contribution in [2.24, 2.45) is 0 Å². The molecule has 29 heavy (non-hydrogen) atoms. The Morgan fingerprint density at radius 3 is 2.34 bits per heavy atom. The Kier molecular flexibility index (Phi) is 9.63. The molecule has 156 valence electrons. The molecule has 2 aromatic rings. The zero-order valence-electron chi connectivity index (χ0n) is 16.0. The Labute approximate surface area is 187 Å². The molecule has 0 saturated heterocycles. The second-order valence-electron chi connectivity index (χ2n) is 6.17. The van der Waals surface area contributed by atoms with Gasteiger partial charge in [-0.2, -0.15) is 0 Å². The van der Waals surface area contributed by atoms with Gasteiger partial charge in [0.05, 0.1) is 10.9 Å². The number of hydrogen-bond donors (Lipinski definition) is 1. The minimum Gasteiger partial charge on any atom is -0.469 e. The smallest absolute Gasteiger partial charge is 0.305 e. The van der Waals surface area contributed by atoms with Gasteiger partial charge >= 0.3 is 5.97 Å². The summed E-state index contributed by atoms with van der Waals surface area (Å²) >= 11 is 10.4. The normalized spacial score (nSPS) is 10.4. The van der Waals surface area contributed by atoms with Gasteiger partial charge < -0.3 is 10.1 Å². The van der Waals surface area contributed by atoms with E-state index in [0.29, 0.717) is 37.1 Å². The number of amides is 2. The van der Waals surface area contributed by atoms with Gasteiger partial charge in [-0.25, -0.2) is 0 Å². The highest BCUT2D eigenvalue weighted by Crippen LogP contribution is 2.35. The van der Waals surface area contributed by atoms with Crippen LogP contribution < -0.4 is 10.2 Å². The van der Waals surface area contributed by atoms with Gasteiger partial charge in [-0.3, -0.25) is 19.3 Å². The van der Waals surface area contributed by atoms with E-state index in [1.54, 1.807) is 29.2 Å². The zero-order valence-corrected chi connectivity index (χ0v) is 19.1. The van der Waals surface area contributed by atoms with Crippen LogP contribution in [-0.2, 0) is 19.1 Å². The fraction of sp³-hybridized carbons (Fsp3) is 0.350. The third kappa shape index (κ3) is 7.45. The van der Waals surface area contributed by atoms with E-state index in [1.807, 2.05) is 12.1 Å². The lowest BCUT2D eigenvalue weighted by Gasteiger charge is -2.21. The minimum absolute atomic E-state index is 0.0324. The monoisotopic (exact) mass is 500 g/mol. The molecule has 0 atom stereocenters. The van der Waals surface area contributed by atoms with Gasteiger partial charge in [0.2, 0.25) is 11.8 Å². The van der Waals surface area contributed by atoms with Crippen LogP contribution in [-0.4, -0.2) is 30.8 Å². The molecule has 0 aliphatic heterocycles. The van der Waals surface area contributed by atoms with Gasteiger partial charge in [-0.1, -0.05) is 6.42 Å². The summed E-state index contributed by atoms with van der Waals surface area (Å²) in [5.41, 5.74) is 1.32. The topological polar surface area (TPSA) is 75.7 Å². The fourth-order valence-electron chi connectivity index (χ4n) is 2.64. The lowest BCUT2D eigenvalue weighted by atomic mass is 10.1. The first-order valence-corrected chi connectivity index (χ1v) is 11.2. The van der Waals surface area contributed by atoms with Gasteiger partial charge in [0.25, 0.3) is 0 Å². The molecule has 1 heterocycles. The van der Waals surface area contributed by atoms with Crippen molar-refractivity contribution in [3.63, 3.8) is 0 Å². The van der Waals surface area contributed by atoms with Crippen molar-refractivity contribution in [3.8, 4) is 0 Å². The van der Waals surface area contributed by atoms with Crippen LogP contribution in [0.1, 0.15) is 32.1 Å². The Hall–Kier alpha value is -1.90. The van der Waals surface area contributed by atoms with Crippen molar-refractivity contribution in [1.82, 2.24) is 0 Å². The predicted molar refractivity (Wildman–Crippen MR) is 120 cm³/mol. The summed E-state index contributed by atoms with van der Waals surface area (Å²) in [5, 5.41) is 3.48. The molecule has 1 aromatic heterocycles. The largest absolute Gasteiger partial charge is 0.469 e. The number of ether oxygens (including phenoxy) is 1. The van der Waals surface area contributed by atoms with E-state index in [0.717, 1.165) is 15.2 Å². The van der Waals surface area contributed by atoms with E-state index in [4.69, 9.17) is 11.6 Å². The van der Waals surface area contributed by atoms with Crippen LogP contribution in [0.15, 0.2) is 40.2 Å². The number of methoxy groups -OCH3 is 1. The third-order valence-electron chi connectivity index (χ3n) is 4.06. The molecule has 0 saturated carbocycles. The van der Waals surface area contributed by atoms with E-state index in [1.165, 1.54) is 18.4 Å². The molecule has 2 rings (SSSR count). The molecule has 0 spiro atoms. The van der Waals surface area contributed by atoms with Gasteiger partial charge in [-0.05, 0) is 65.2 Å². The number of halogens is 2. The molecule has 2 amide bonds.